The molecule has 0 amide bonds. The molecule has 1 aromatic carbocycles. The molecule has 1 saturated carbocycles. The number of nitrogens with zero attached hydrogens (tertiary/aromatic N) is 2. The lowest BCUT2D eigenvalue weighted by molar-refractivity contribution is -0.122. The van der Waals surface area contributed by atoms with E-state index in [1.54, 1.807) is 0 Å². The van der Waals surface area contributed by atoms with E-state index < -0.39 is 0 Å². The van der Waals surface area contributed by atoms with E-state index in [9.17, 15) is 4.79 Å². The van der Waals surface area contributed by atoms with Gasteiger partial charge in [-0.25, -0.2) is 0 Å². The van der Waals surface area contributed by atoms with Crippen molar-refractivity contribution in [1.29, 1.82) is 0 Å². The third-order valence-electron chi connectivity index (χ3n) is 3.85. The summed E-state index contributed by atoms with van der Waals surface area (Å²) in [5, 5.41) is 3.95. The first-order valence-electron chi connectivity index (χ1n) is 7.19. The molecule has 104 valence electrons. The van der Waals surface area contributed by atoms with Gasteiger partial charge in [0, 0.05) is 12.3 Å². The standard InChI is InChI=1S/C16H18N2O2/c19-14(13-8-4-5-9-13)11-16-17-15(18-20-16)10-12-6-2-1-3-7-12/h1-3,6-7,13H,4-5,8-11H2. The Bertz CT molecular complexity index is 571. The normalized spacial score (nSPS) is 15.6. The molecule has 0 N–H and O–H groups in total. The number of hydrogen-bond acceptors (Lipinski definition) is 4. The van der Waals surface area contributed by atoms with Crippen molar-refractivity contribution in [3.8, 4) is 0 Å². The molecule has 1 aromatic heterocycles. The van der Waals surface area contributed by atoms with Crippen LogP contribution in [0.3, 0.4) is 0 Å². The molecule has 4 heteroatoms. The molecule has 0 bridgehead atoms. The first-order valence-corrected chi connectivity index (χ1v) is 7.19. The lowest BCUT2D eigenvalue weighted by Gasteiger charge is -2.04. The fourth-order valence-corrected chi connectivity index (χ4v) is 2.75. The molecule has 2 aromatic rings. The second kappa shape index (κ2) is 5.99. The monoisotopic (exact) mass is 270 g/mol. The van der Waals surface area contributed by atoms with Crippen molar-refractivity contribution in [3.05, 3.63) is 47.6 Å². The number of benzene rings is 1. The molecule has 0 saturated heterocycles. The fourth-order valence-electron chi connectivity index (χ4n) is 2.75. The Balaban J connectivity index is 1.60. The van der Waals surface area contributed by atoms with Gasteiger partial charge in [0.05, 0.1) is 6.42 Å². The molecule has 4 nitrogen and oxygen atoms in total. The summed E-state index contributed by atoms with van der Waals surface area (Å²) in [6.45, 7) is 0. The number of Topliss-reactive ketones (excluding diaryl/α,β-unsaturated/α-hetero) is 1. The van der Waals surface area contributed by atoms with Gasteiger partial charge in [-0.1, -0.05) is 48.3 Å². The minimum absolute atomic E-state index is 0.208. The summed E-state index contributed by atoms with van der Waals surface area (Å²) >= 11 is 0. The highest BCUT2D eigenvalue weighted by Gasteiger charge is 2.24. The zero-order valence-electron chi connectivity index (χ0n) is 11.4. The highest BCUT2D eigenvalue weighted by atomic mass is 16.5. The Labute approximate surface area is 118 Å². The van der Waals surface area contributed by atoms with Crippen LogP contribution in [0.15, 0.2) is 34.9 Å². The third-order valence-corrected chi connectivity index (χ3v) is 3.85. The minimum Gasteiger partial charge on any atom is -0.339 e. The van der Waals surface area contributed by atoms with Crippen molar-refractivity contribution >= 4 is 5.78 Å². The molecule has 1 heterocycles. The van der Waals surface area contributed by atoms with Gasteiger partial charge in [0.25, 0.3) is 0 Å². The van der Waals surface area contributed by atoms with Crippen LogP contribution in [0.4, 0.5) is 0 Å². The van der Waals surface area contributed by atoms with Crippen LogP contribution in [0.25, 0.3) is 0 Å². The summed E-state index contributed by atoms with van der Waals surface area (Å²) in [7, 11) is 0. The van der Waals surface area contributed by atoms with Crippen LogP contribution >= 0.6 is 0 Å². The summed E-state index contributed by atoms with van der Waals surface area (Å²) in [5.74, 6) is 1.55. The van der Waals surface area contributed by atoms with E-state index in [0.717, 1.165) is 18.4 Å². The van der Waals surface area contributed by atoms with Gasteiger partial charge in [-0.2, -0.15) is 4.98 Å². The number of carbonyl (C=O) groups excluding carboxylic acids is 1. The maximum absolute atomic E-state index is 12.1. The van der Waals surface area contributed by atoms with Crippen LogP contribution in [0, 0.1) is 5.92 Å². The van der Waals surface area contributed by atoms with Gasteiger partial charge in [-0.3, -0.25) is 4.79 Å². The maximum atomic E-state index is 12.1. The van der Waals surface area contributed by atoms with Crippen LogP contribution in [-0.2, 0) is 17.6 Å². The summed E-state index contributed by atoms with van der Waals surface area (Å²) in [4.78, 5) is 16.4. The summed E-state index contributed by atoms with van der Waals surface area (Å²) in [5.41, 5.74) is 1.14. The Morgan fingerprint density at radius 1 is 1.20 bits per heavy atom. The Kier molecular flexibility index (Phi) is 3.90. The van der Waals surface area contributed by atoms with Gasteiger partial charge in [0.1, 0.15) is 5.78 Å². The molecule has 1 aliphatic rings. The predicted molar refractivity (Wildman–Crippen MR) is 74.2 cm³/mol. The zero-order chi connectivity index (χ0) is 13.8. The molecule has 0 radical (unpaired) electrons. The molecule has 1 aliphatic carbocycles. The van der Waals surface area contributed by atoms with E-state index in [0.29, 0.717) is 18.1 Å². The lowest BCUT2D eigenvalue weighted by atomic mass is 10.0. The van der Waals surface area contributed by atoms with E-state index in [1.807, 2.05) is 30.3 Å². The number of carbonyl (C=O) groups is 1. The van der Waals surface area contributed by atoms with Crippen LogP contribution in [0.1, 0.15) is 43.0 Å². The van der Waals surface area contributed by atoms with Gasteiger partial charge in [0.15, 0.2) is 5.82 Å². The second-order valence-electron chi connectivity index (χ2n) is 5.39. The van der Waals surface area contributed by atoms with Gasteiger partial charge in [-0.05, 0) is 18.4 Å². The molecule has 0 spiro atoms. The molecular formula is C16H18N2O2. The molecule has 0 aliphatic heterocycles. The van der Waals surface area contributed by atoms with Crippen molar-refractivity contribution in [3.63, 3.8) is 0 Å². The van der Waals surface area contributed by atoms with E-state index in [4.69, 9.17) is 4.52 Å². The first kappa shape index (κ1) is 13.0. The Hall–Kier alpha value is -1.97. The first-order chi connectivity index (χ1) is 9.81. The highest BCUT2D eigenvalue weighted by Crippen LogP contribution is 2.26. The number of hydrogen-bond donors (Lipinski definition) is 0. The average Bonchev–Trinajstić information content (AvgIpc) is 3.11. The zero-order valence-corrected chi connectivity index (χ0v) is 11.4. The summed E-state index contributed by atoms with van der Waals surface area (Å²) in [6, 6.07) is 10.0. The van der Waals surface area contributed by atoms with E-state index in [-0.39, 0.29) is 18.1 Å². The molecule has 1 fully saturated rings. The smallest absolute Gasteiger partial charge is 0.234 e. The van der Waals surface area contributed by atoms with Crippen molar-refractivity contribution in [2.75, 3.05) is 0 Å². The Morgan fingerprint density at radius 2 is 1.95 bits per heavy atom. The quantitative estimate of drug-likeness (QED) is 0.838. The predicted octanol–water partition coefficient (Wildman–Crippen LogP) is 2.96. The minimum atomic E-state index is 0.208. The van der Waals surface area contributed by atoms with Gasteiger partial charge >= 0.3 is 0 Å². The summed E-state index contributed by atoms with van der Waals surface area (Å²) < 4.78 is 5.19. The van der Waals surface area contributed by atoms with E-state index in [2.05, 4.69) is 10.1 Å². The van der Waals surface area contributed by atoms with Crippen molar-refractivity contribution in [2.45, 2.75) is 38.5 Å². The summed E-state index contributed by atoms with van der Waals surface area (Å²) in [6.07, 6.45) is 5.29. The second-order valence-corrected chi connectivity index (χ2v) is 5.39. The maximum Gasteiger partial charge on any atom is 0.234 e. The van der Waals surface area contributed by atoms with Gasteiger partial charge < -0.3 is 4.52 Å². The molecule has 3 rings (SSSR count). The largest absolute Gasteiger partial charge is 0.339 e. The highest BCUT2D eigenvalue weighted by molar-refractivity contribution is 5.82. The number of rotatable bonds is 5. The van der Waals surface area contributed by atoms with Crippen molar-refractivity contribution in [1.82, 2.24) is 10.1 Å². The van der Waals surface area contributed by atoms with Crippen LogP contribution < -0.4 is 0 Å². The molecule has 20 heavy (non-hydrogen) atoms. The molecule has 0 unspecified atom stereocenters. The lowest BCUT2D eigenvalue weighted by Crippen LogP contribution is -2.13. The van der Waals surface area contributed by atoms with Crippen LogP contribution in [-0.4, -0.2) is 15.9 Å². The van der Waals surface area contributed by atoms with E-state index in [1.165, 1.54) is 12.8 Å². The van der Waals surface area contributed by atoms with Gasteiger partial charge in [-0.15, -0.1) is 0 Å². The number of aromatic nitrogens is 2. The van der Waals surface area contributed by atoms with Crippen LogP contribution in [0.2, 0.25) is 0 Å². The SMILES string of the molecule is O=C(Cc1nc(Cc2ccccc2)no1)C1CCCC1. The molecular weight excluding hydrogens is 252 g/mol. The van der Waals surface area contributed by atoms with E-state index >= 15 is 0 Å². The fraction of sp³-hybridized carbons (Fsp3) is 0.438. The molecule has 0 atom stereocenters. The van der Waals surface area contributed by atoms with Crippen molar-refractivity contribution < 1.29 is 9.32 Å². The average molecular weight is 270 g/mol. The number of ketones is 1. The Morgan fingerprint density at radius 3 is 2.70 bits per heavy atom. The third kappa shape index (κ3) is 3.13. The van der Waals surface area contributed by atoms with Crippen molar-refractivity contribution in [2.24, 2.45) is 5.92 Å². The van der Waals surface area contributed by atoms with Crippen LogP contribution in [0.5, 0.6) is 0 Å². The topological polar surface area (TPSA) is 56.0 Å². The van der Waals surface area contributed by atoms with Gasteiger partial charge in [0.2, 0.25) is 5.89 Å².